The minimum atomic E-state index is -3.72. The summed E-state index contributed by atoms with van der Waals surface area (Å²) in [5, 5.41) is 9.34. The Balaban J connectivity index is 3.05. The van der Waals surface area contributed by atoms with E-state index in [0.29, 0.717) is 11.4 Å². The maximum Gasteiger partial charge on any atom is 0.242 e. The van der Waals surface area contributed by atoms with Gasteiger partial charge in [0.2, 0.25) is 10.0 Å². The number of hydrogen-bond acceptors (Lipinski definition) is 4. The molecule has 1 rings (SSSR count). The summed E-state index contributed by atoms with van der Waals surface area (Å²) in [6, 6.07) is 3.64. The summed E-state index contributed by atoms with van der Waals surface area (Å²) in [5.74, 6) is 0. The van der Waals surface area contributed by atoms with Crippen LogP contribution in [-0.2, 0) is 10.0 Å². The quantitative estimate of drug-likeness (QED) is 0.700. The van der Waals surface area contributed by atoms with Gasteiger partial charge in [0.25, 0.3) is 0 Å². The van der Waals surface area contributed by atoms with Crippen LogP contribution in [0.15, 0.2) is 23.1 Å². The topological polar surface area (TPSA) is 92.4 Å². The summed E-state index contributed by atoms with van der Waals surface area (Å²) >= 11 is 5.69. The zero-order chi connectivity index (χ0) is 13.1. The van der Waals surface area contributed by atoms with Gasteiger partial charge in [-0.1, -0.05) is 18.5 Å². The monoisotopic (exact) mass is 278 g/mol. The number of nitrogens with one attached hydrogen (secondary N) is 1. The maximum atomic E-state index is 11.9. The molecule has 0 aliphatic rings. The Morgan fingerprint density at radius 2 is 2.18 bits per heavy atom. The van der Waals surface area contributed by atoms with Crippen molar-refractivity contribution in [3.05, 3.63) is 23.2 Å². The Morgan fingerprint density at radius 3 is 2.65 bits per heavy atom. The van der Waals surface area contributed by atoms with E-state index in [1.807, 2.05) is 0 Å². The highest BCUT2D eigenvalue weighted by Crippen LogP contribution is 2.22. The molecule has 1 aromatic rings. The highest BCUT2D eigenvalue weighted by molar-refractivity contribution is 7.89. The van der Waals surface area contributed by atoms with Crippen LogP contribution in [-0.4, -0.2) is 26.2 Å². The SMILES string of the molecule is CC[C@@H](CO)NS(=O)(=O)c1ccc(Cl)cc1N. The molecule has 0 aliphatic carbocycles. The first-order valence-corrected chi connectivity index (χ1v) is 6.95. The van der Waals surface area contributed by atoms with Gasteiger partial charge in [-0.3, -0.25) is 0 Å². The number of aliphatic hydroxyl groups is 1. The molecule has 0 unspecified atom stereocenters. The third kappa shape index (κ3) is 3.57. The first-order chi connectivity index (χ1) is 7.90. The van der Waals surface area contributed by atoms with Gasteiger partial charge in [-0.2, -0.15) is 0 Å². The third-order valence-electron chi connectivity index (χ3n) is 2.30. The van der Waals surface area contributed by atoms with E-state index >= 15 is 0 Å². The molecule has 0 saturated carbocycles. The predicted octanol–water partition coefficient (Wildman–Crippen LogP) is 0.971. The summed E-state index contributed by atoms with van der Waals surface area (Å²) in [6.07, 6.45) is 0.489. The fourth-order valence-electron chi connectivity index (χ4n) is 1.30. The van der Waals surface area contributed by atoms with Crippen molar-refractivity contribution in [2.75, 3.05) is 12.3 Å². The molecular formula is C10H15ClN2O3S. The zero-order valence-corrected chi connectivity index (χ0v) is 10.9. The normalized spacial score (nSPS) is 13.6. The van der Waals surface area contributed by atoms with Crippen LogP contribution in [0.3, 0.4) is 0 Å². The average Bonchev–Trinajstić information content (AvgIpc) is 2.25. The van der Waals surface area contributed by atoms with Crippen LogP contribution in [0.25, 0.3) is 0 Å². The van der Waals surface area contributed by atoms with E-state index in [1.54, 1.807) is 6.92 Å². The van der Waals surface area contributed by atoms with Crippen molar-refractivity contribution in [1.29, 1.82) is 0 Å². The molecule has 0 fully saturated rings. The number of aliphatic hydroxyl groups excluding tert-OH is 1. The lowest BCUT2D eigenvalue weighted by atomic mass is 10.3. The lowest BCUT2D eigenvalue weighted by molar-refractivity contribution is 0.254. The van der Waals surface area contributed by atoms with Crippen molar-refractivity contribution < 1.29 is 13.5 Å². The molecule has 1 atom stereocenters. The van der Waals surface area contributed by atoms with Crippen LogP contribution >= 0.6 is 11.6 Å². The average molecular weight is 279 g/mol. The largest absolute Gasteiger partial charge is 0.398 e. The molecule has 17 heavy (non-hydrogen) atoms. The van der Waals surface area contributed by atoms with Crippen LogP contribution in [0.2, 0.25) is 5.02 Å². The van der Waals surface area contributed by atoms with Crippen molar-refractivity contribution >= 4 is 27.3 Å². The minimum Gasteiger partial charge on any atom is -0.398 e. The lowest BCUT2D eigenvalue weighted by Crippen LogP contribution is -2.37. The van der Waals surface area contributed by atoms with Crippen LogP contribution in [0.5, 0.6) is 0 Å². The summed E-state index contributed by atoms with van der Waals surface area (Å²) in [6.45, 7) is 1.51. The van der Waals surface area contributed by atoms with Gasteiger partial charge in [0.1, 0.15) is 4.90 Å². The first kappa shape index (κ1) is 14.2. The van der Waals surface area contributed by atoms with Gasteiger partial charge in [-0.15, -0.1) is 0 Å². The van der Waals surface area contributed by atoms with Crippen molar-refractivity contribution in [3.63, 3.8) is 0 Å². The number of rotatable bonds is 5. The molecule has 0 heterocycles. The van der Waals surface area contributed by atoms with Gasteiger partial charge in [-0.05, 0) is 24.6 Å². The Bertz CT molecular complexity index is 486. The Morgan fingerprint density at radius 1 is 1.53 bits per heavy atom. The fraction of sp³-hybridized carbons (Fsp3) is 0.400. The van der Waals surface area contributed by atoms with Crippen molar-refractivity contribution in [1.82, 2.24) is 4.72 Å². The number of nitrogen functional groups attached to an aromatic ring is 1. The second-order valence-electron chi connectivity index (χ2n) is 3.59. The van der Waals surface area contributed by atoms with Crippen molar-refractivity contribution in [2.24, 2.45) is 0 Å². The molecule has 5 nitrogen and oxygen atoms in total. The standard InChI is InChI=1S/C10H15ClN2O3S/c1-2-8(6-14)13-17(15,16)10-4-3-7(11)5-9(10)12/h3-5,8,13-14H,2,6,12H2,1H3/t8-/m0/s1. The molecular weight excluding hydrogens is 264 g/mol. The number of benzene rings is 1. The minimum absolute atomic E-state index is 0.0335. The number of halogens is 1. The van der Waals surface area contributed by atoms with Gasteiger partial charge < -0.3 is 10.8 Å². The van der Waals surface area contributed by atoms with Crippen LogP contribution < -0.4 is 10.5 Å². The smallest absolute Gasteiger partial charge is 0.242 e. The van der Waals surface area contributed by atoms with Gasteiger partial charge in [0, 0.05) is 11.1 Å². The van der Waals surface area contributed by atoms with E-state index in [9.17, 15) is 8.42 Å². The third-order valence-corrected chi connectivity index (χ3v) is 4.13. The fourth-order valence-corrected chi connectivity index (χ4v) is 2.90. The number of hydrogen-bond donors (Lipinski definition) is 3. The highest BCUT2D eigenvalue weighted by atomic mass is 35.5. The summed E-state index contributed by atoms with van der Waals surface area (Å²) in [4.78, 5) is -0.0335. The lowest BCUT2D eigenvalue weighted by Gasteiger charge is -2.15. The molecule has 0 aromatic heterocycles. The molecule has 0 radical (unpaired) electrons. The van der Waals surface area contributed by atoms with E-state index in [-0.39, 0.29) is 17.2 Å². The number of nitrogens with two attached hydrogens (primary N) is 1. The van der Waals surface area contributed by atoms with Gasteiger partial charge >= 0.3 is 0 Å². The van der Waals surface area contributed by atoms with Crippen molar-refractivity contribution in [3.8, 4) is 0 Å². The Kier molecular flexibility index (Phi) is 4.76. The van der Waals surface area contributed by atoms with E-state index in [4.69, 9.17) is 22.4 Å². The molecule has 4 N–H and O–H groups in total. The molecule has 0 amide bonds. The van der Waals surface area contributed by atoms with E-state index in [2.05, 4.69) is 4.72 Å². The van der Waals surface area contributed by atoms with Gasteiger partial charge in [0.15, 0.2) is 0 Å². The molecule has 1 aromatic carbocycles. The summed E-state index contributed by atoms with van der Waals surface area (Å²) in [7, 11) is -3.72. The molecule has 7 heteroatoms. The number of anilines is 1. The molecule has 0 spiro atoms. The van der Waals surface area contributed by atoms with Crippen LogP contribution in [0.1, 0.15) is 13.3 Å². The molecule has 0 bridgehead atoms. The molecule has 0 saturated heterocycles. The van der Waals surface area contributed by atoms with Gasteiger partial charge in [0.05, 0.1) is 12.3 Å². The Hall–Kier alpha value is -0.820. The summed E-state index contributed by atoms with van der Waals surface area (Å²) < 4.78 is 26.3. The van der Waals surface area contributed by atoms with Crippen molar-refractivity contribution in [2.45, 2.75) is 24.3 Å². The summed E-state index contributed by atoms with van der Waals surface area (Å²) in [5.41, 5.74) is 5.68. The zero-order valence-electron chi connectivity index (χ0n) is 9.35. The second-order valence-corrected chi connectivity index (χ2v) is 5.71. The predicted molar refractivity (Wildman–Crippen MR) is 67.4 cm³/mol. The molecule has 96 valence electrons. The van der Waals surface area contributed by atoms with Crippen LogP contribution in [0.4, 0.5) is 5.69 Å². The van der Waals surface area contributed by atoms with E-state index in [0.717, 1.165) is 0 Å². The second kappa shape index (κ2) is 5.68. The highest BCUT2D eigenvalue weighted by Gasteiger charge is 2.20. The first-order valence-electron chi connectivity index (χ1n) is 5.09. The van der Waals surface area contributed by atoms with Crippen LogP contribution in [0, 0.1) is 0 Å². The Labute approximate surface area is 106 Å². The van der Waals surface area contributed by atoms with E-state index < -0.39 is 16.1 Å². The number of sulfonamides is 1. The molecule has 0 aliphatic heterocycles. The van der Waals surface area contributed by atoms with Gasteiger partial charge in [-0.25, -0.2) is 13.1 Å². The van der Waals surface area contributed by atoms with E-state index in [1.165, 1.54) is 18.2 Å². The maximum absolute atomic E-state index is 11.9.